The summed E-state index contributed by atoms with van der Waals surface area (Å²) in [6.45, 7) is 12.3. The van der Waals surface area contributed by atoms with E-state index in [-0.39, 0.29) is 34.3 Å². The largest absolute Gasteiger partial charge is 0.507 e. The SMILES string of the molecule is CCCCCCCCCCCCCCCNC(=O)c1cc(O)c(C(=O)NCCCCCCCCCCCCCCC)cc1O.Cc1ccc(CCCNC(=O)c2cc(C)ccc2O)c(C)c1. The fourth-order valence-corrected chi connectivity index (χ4v) is 8.35. The van der Waals surface area contributed by atoms with Gasteiger partial charge in [-0.2, -0.15) is 0 Å². The molecular weight excluding hydrogens is 823 g/mol. The van der Waals surface area contributed by atoms with E-state index < -0.39 is 11.8 Å². The highest BCUT2D eigenvalue weighted by Crippen LogP contribution is 2.27. The molecule has 370 valence electrons. The van der Waals surface area contributed by atoms with Gasteiger partial charge in [0.05, 0.1) is 16.7 Å². The normalized spacial score (nSPS) is 10.9. The molecule has 0 atom stereocenters. The van der Waals surface area contributed by atoms with Crippen molar-refractivity contribution < 1.29 is 29.7 Å². The van der Waals surface area contributed by atoms with E-state index in [9.17, 15) is 29.7 Å². The van der Waals surface area contributed by atoms with Crippen LogP contribution in [0.3, 0.4) is 0 Å². The Balaban J connectivity index is 0.000000563. The summed E-state index contributed by atoms with van der Waals surface area (Å²) in [5.41, 5.74) is 5.16. The molecule has 0 aliphatic heterocycles. The van der Waals surface area contributed by atoms with Crippen molar-refractivity contribution in [3.05, 3.63) is 87.5 Å². The third-order valence-electron chi connectivity index (χ3n) is 12.5. The van der Waals surface area contributed by atoms with Crippen LogP contribution in [0.1, 0.15) is 241 Å². The van der Waals surface area contributed by atoms with Gasteiger partial charge in [-0.1, -0.05) is 203 Å². The number of phenols is 3. The average molecular weight is 914 g/mol. The Morgan fingerprint density at radius 1 is 0.379 bits per heavy atom. The molecule has 6 N–H and O–H groups in total. The van der Waals surface area contributed by atoms with Crippen LogP contribution in [-0.4, -0.2) is 52.7 Å². The summed E-state index contributed by atoms with van der Waals surface area (Å²) in [5.74, 6) is -1.65. The number of aryl methyl sites for hydroxylation is 4. The van der Waals surface area contributed by atoms with Crippen LogP contribution < -0.4 is 16.0 Å². The van der Waals surface area contributed by atoms with Gasteiger partial charge in [-0.25, -0.2) is 0 Å². The van der Waals surface area contributed by atoms with Gasteiger partial charge in [-0.15, -0.1) is 0 Å². The van der Waals surface area contributed by atoms with Crippen LogP contribution in [0.15, 0.2) is 48.5 Å². The minimum absolute atomic E-state index is 0.00904. The Morgan fingerprint density at radius 2 is 0.697 bits per heavy atom. The van der Waals surface area contributed by atoms with Gasteiger partial charge in [0, 0.05) is 19.6 Å². The quantitative estimate of drug-likeness (QED) is 0.0256. The first-order valence-corrected chi connectivity index (χ1v) is 26.2. The van der Waals surface area contributed by atoms with Crippen molar-refractivity contribution in [3.63, 3.8) is 0 Å². The third-order valence-corrected chi connectivity index (χ3v) is 12.5. The lowest BCUT2D eigenvalue weighted by atomic mass is 10.0. The van der Waals surface area contributed by atoms with E-state index in [0.29, 0.717) is 25.2 Å². The van der Waals surface area contributed by atoms with Gasteiger partial charge < -0.3 is 31.3 Å². The van der Waals surface area contributed by atoms with Crippen molar-refractivity contribution in [2.45, 2.75) is 214 Å². The molecule has 0 bridgehead atoms. The Kier molecular flexibility index (Phi) is 31.9. The Hall–Kier alpha value is -4.53. The summed E-state index contributed by atoms with van der Waals surface area (Å²) >= 11 is 0. The molecule has 0 spiro atoms. The van der Waals surface area contributed by atoms with E-state index >= 15 is 0 Å². The highest BCUT2D eigenvalue weighted by Gasteiger charge is 2.19. The first kappa shape index (κ1) is 57.6. The van der Waals surface area contributed by atoms with Crippen molar-refractivity contribution in [1.82, 2.24) is 16.0 Å². The van der Waals surface area contributed by atoms with Crippen molar-refractivity contribution in [1.29, 1.82) is 0 Å². The van der Waals surface area contributed by atoms with E-state index in [1.807, 2.05) is 6.92 Å². The maximum atomic E-state index is 12.6. The van der Waals surface area contributed by atoms with E-state index in [1.54, 1.807) is 18.2 Å². The number of amides is 3. The summed E-state index contributed by atoms with van der Waals surface area (Å²) in [6.07, 6.45) is 34.8. The molecule has 0 aromatic heterocycles. The zero-order valence-corrected chi connectivity index (χ0v) is 42.1. The van der Waals surface area contributed by atoms with Gasteiger partial charge in [-0.05, 0) is 81.8 Å². The van der Waals surface area contributed by atoms with Gasteiger partial charge in [0.1, 0.15) is 17.2 Å². The number of unbranched alkanes of at least 4 members (excludes halogenated alkanes) is 24. The predicted molar refractivity (Wildman–Crippen MR) is 275 cm³/mol. The van der Waals surface area contributed by atoms with E-state index in [0.717, 1.165) is 44.1 Å². The van der Waals surface area contributed by atoms with Gasteiger partial charge in [0.15, 0.2) is 0 Å². The van der Waals surface area contributed by atoms with Crippen LogP contribution in [-0.2, 0) is 6.42 Å². The maximum absolute atomic E-state index is 12.6. The van der Waals surface area contributed by atoms with Crippen molar-refractivity contribution in [2.24, 2.45) is 0 Å². The molecule has 9 heteroatoms. The molecule has 0 aliphatic rings. The van der Waals surface area contributed by atoms with Crippen LogP contribution >= 0.6 is 0 Å². The maximum Gasteiger partial charge on any atom is 0.255 e. The molecule has 66 heavy (non-hydrogen) atoms. The van der Waals surface area contributed by atoms with Crippen molar-refractivity contribution in [3.8, 4) is 17.2 Å². The monoisotopic (exact) mass is 914 g/mol. The predicted octanol–water partition coefficient (Wildman–Crippen LogP) is 14.4. The molecule has 9 nitrogen and oxygen atoms in total. The zero-order valence-electron chi connectivity index (χ0n) is 42.1. The lowest BCUT2D eigenvalue weighted by Crippen LogP contribution is -2.26. The van der Waals surface area contributed by atoms with Crippen molar-refractivity contribution in [2.75, 3.05) is 19.6 Å². The lowest BCUT2D eigenvalue weighted by molar-refractivity contribution is 0.0935. The number of nitrogens with one attached hydrogen (secondary N) is 3. The summed E-state index contributed by atoms with van der Waals surface area (Å²) in [5, 5.41) is 39.0. The zero-order chi connectivity index (χ0) is 48.2. The highest BCUT2D eigenvalue weighted by atomic mass is 16.3. The van der Waals surface area contributed by atoms with Crippen LogP contribution in [0.4, 0.5) is 0 Å². The number of rotatable bonds is 35. The molecule has 0 fully saturated rings. The first-order valence-electron chi connectivity index (χ1n) is 26.2. The molecule has 0 saturated heterocycles. The number of hydrogen-bond donors (Lipinski definition) is 6. The molecule has 0 saturated carbocycles. The van der Waals surface area contributed by atoms with Crippen LogP contribution in [0.25, 0.3) is 0 Å². The summed E-state index contributed by atoms with van der Waals surface area (Å²) in [6, 6.07) is 13.9. The van der Waals surface area contributed by atoms with E-state index in [1.165, 1.54) is 170 Å². The minimum Gasteiger partial charge on any atom is -0.507 e. The number of carbonyl (C=O) groups is 3. The molecule has 3 amide bonds. The first-order chi connectivity index (χ1) is 32.0. The number of hydrogen-bond acceptors (Lipinski definition) is 6. The Bertz CT molecular complexity index is 1720. The molecule has 3 rings (SSSR count). The smallest absolute Gasteiger partial charge is 0.255 e. The molecular formula is C57H91N3O6. The van der Waals surface area contributed by atoms with Crippen molar-refractivity contribution >= 4 is 17.7 Å². The van der Waals surface area contributed by atoms with Crippen LogP contribution in [0.5, 0.6) is 17.2 Å². The third kappa shape index (κ3) is 26.0. The fraction of sp³-hybridized carbons (Fsp3) is 0.632. The summed E-state index contributed by atoms with van der Waals surface area (Å²) in [4.78, 5) is 37.2. The number of phenolic OH excluding ortho intramolecular Hbond substituents is 3. The van der Waals surface area contributed by atoms with Gasteiger partial charge in [0.2, 0.25) is 0 Å². The van der Waals surface area contributed by atoms with Gasteiger partial charge >= 0.3 is 0 Å². The van der Waals surface area contributed by atoms with Crippen LogP contribution in [0, 0.1) is 20.8 Å². The molecule has 3 aromatic rings. The van der Waals surface area contributed by atoms with E-state index in [4.69, 9.17) is 0 Å². The van der Waals surface area contributed by atoms with Crippen LogP contribution in [0.2, 0.25) is 0 Å². The molecule has 3 aromatic carbocycles. The standard InChI is InChI=1S/C38H68N2O4.C19H23NO2/c1-3-5-7-9-11-13-15-17-19-21-23-25-27-29-39-37(43)33-31-36(42)34(32-35(33)41)38(44)40-30-28-26-24-22-20-18-16-14-12-10-8-6-4-2;1-13-6-8-16(15(3)11-13)5-4-10-20-19(22)17-12-14(2)7-9-18(17)21/h31-32,41-42H,3-30H2,1-2H3,(H,39,43)(H,40,44);6-9,11-12,21H,4-5,10H2,1-3H3,(H,20,22). The number of aromatic hydroxyl groups is 3. The van der Waals surface area contributed by atoms with Gasteiger partial charge in [-0.3, -0.25) is 14.4 Å². The lowest BCUT2D eigenvalue weighted by Gasteiger charge is -2.11. The minimum atomic E-state index is -0.435. The Labute approximate surface area is 400 Å². The molecule has 0 heterocycles. The summed E-state index contributed by atoms with van der Waals surface area (Å²) in [7, 11) is 0. The molecule has 0 unspecified atom stereocenters. The number of benzene rings is 3. The second-order valence-electron chi connectivity index (χ2n) is 18.7. The van der Waals surface area contributed by atoms with E-state index in [2.05, 4.69) is 61.8 Å². The average Bonchev–Trinajstić information content (AvgIpc) is 3.30. The fourth-order valence-electron chi connectivity index (χ4n) is 8.35. The highest BCUT2D eigenvalue weighted by molar-refractivity contribution is 6.02. The Morgan fingerprint density at radius 3 is 1.08 bits per heavy atom. The second kappa shape index (κ2) is 36.6. The second-order valence-corrected chi connectivity index (χ2v) is 18.7. The molecule has 0 aliphatic carbocycles. The van der Waals surface area contributed by atoms with Gasteiger partial charge in [0.25, 0.3) is 17.7 Å². The molecule has 0 radical (unpaired) electrons. The number of carbonyl (C=O) groups excluding carboxylic acids is 3. The summed E-state index contributed by atoms with van der Waals surface area (Å²) < 4.78 is 0. The topological polar surface area (TPSA) is 148 Å².